The maximum absolute atomic E-state index is 5.74. The van der Waals surface area contributed by atoms with Gasteiger partial charge in [0.05, 0.1) is 5.60 Å². The zero-order chi connectivity index (χ0) is 13.0. The second-order valence-electron chi connectivity index (χ2n) is 5.41. The zero-order valence-electron chi connectivity index (χ0n) is 11.6. The summed E-state index contributed by atoms with van der Waals surface area (Å²) in [5.74, 6) is 0.477. The average molecular weight is 248 g/mol. The molecule has 0 aliphatic heterocycles. The van der Waals surface area contributed by atoms with Crippen molar-refractivity contribution in [2.24, 2.45) is 0 Å². The number of aromatic nitrogens is 1. The van der Waals surface area contributed by atoms with E-state index in [9.17, 15) is 0 Å². The molecule has 3 heteroatoms. The molecule has 1 aromatic rings. The Morgan fingerprint density at radius 3 is 2.50 bits per heavy atom. The molecule has 100 valence electrons. The number of nitrogens with one attached hydrogen (secondary N) is 1. The highest BCUT2D eigenvalue weighted by molar-refractivity contribution is 5.17. The Bertz CT molecular complexity index is 357. The Morgan fingerprint density at radius 2 is 2.06 bits per heavy atom. The van der Waals surface area contributed by atoms with Crippen LogP contribution in [-0.4, -0.2) is 30.8 Å². The largest absolute Gasteiger partial charge is 0.378 e. The first-order valence-electron chi connectivity index (χ1n) is 6.83. The lowest BCUT2D eigenvalue weighted by Gasteiger charge is -2.44. The molecule has 0 saturated heterocycles. The van der Waals surface area contributed by atoms with E-state index in [1.54, 1.807) is 0 Å². The van der Waals surface area contributed by atoms with Gasteiger partial charge in [-0.2, -0.15) is 0 Å². The summed E-state index contributed by atoms with van der Waals surface area (Å²) < 4.78 is 5.74. The number of hydrogen-bond acceptors (Lipinski definition) is 3. The van der Waals surface area contributed by atoms with Gasteiger partial charge in [0.15, 0.2) is 0 Å². The maximum Gasteiger partial charge on any atom is 0.0693 e. The number of hydrogen-bond donors (Lipinski definition) is 1. The molecule has 0 bridgehead atoms. The molecule has 1 aromatic heterocycles. The lowest BCUT2D eigenvalue weighted by Crippen LogP contribution is -2.46. The van der Waals surface area contributed by atoms with Crippen LogP contribution in [0.5, 0.6) is 0 Å². The van der Waals surface area contributed by atoms with Crippen molar-refractivity contribution in [2.45, 2.75) is 50.2 Å². The summed E-state index contributed by atoms with van der Waals surface area (Å²) in [5.41, 5.74) is 1.46. The van der Waals surface area contributed by atoms with E-state index in [1.165, 1.54) is 24.8 Å². The molecule has 18 heavy (non-hydrogen) atoms. The summed E-state index contributed by atoms with van der Waals surface area (Å²) >= 11 is 0. The van der Waals surface area contributed by atoms with Gasteiger partial charge < -0.3 is 10.1 Å². The molecule has 2 atom stereocenters. The van der Waals surface area contributed by atoms with Crippen molar-refractivity contribution >= 4 is 0 Å². The van der Waals surface area contributed by atoms with Crippen LogP contribution < -0.4 is 5.32 Å². The fraction of sp³-hybridized carbons (Fsp3) is 0.667. The molecule has 1 heterocycles. The quantitative estimate of drug-likeness (QED) is 0.840. The van der Waals surface area contributed by atoms with Crippen LogP contribution >= 0.6 is 0 Å². The highest BCUT2D eigenvalue weighted by atomic mass is 16.5. The van der Waals surface area contributed by atoms with Crippen LogP contribution in [0.2, 0.25) is 0 Å². The smallest absolute Gasteiger partial charge is 0.0693 e. The summed E-state index contributed by atoms with van der Waals surface area (Å²) in [6.45, 7) is 2.28. The van der Waals surface area contributed by atoms with E-state index in [0.717, 1.165) is 6.42 Å². The number of nitrogens with zero attached hydrogens (tertiary/aromatic N) is 1. The Balaban J connectivity index is 2.04. The van der Waals surface area contributed by atoms with Crippen molar-refractivity contribution in [1.29, 1.82) is 0 Å². The Hall–Kier alpha value is -0.930. The van der Waals surface area contributed by atoms with E-state index < -0.39 is 0 Å². The van der Waals surface area contributed by atoms with Crippen molar-refractivity contribution in [3.63, 3.8) is 0 Å². The number of rotatable bonds is 6. The van der Waals surface area contributed by atoms with Gasteiger partial charge in [-0.25, -0.2) is 0 Å². The number of methoxy groups -OCH3 is 1. The highest BCUT2D eigenvalue weighted by Gasteiger charge is 2.39. The Kier molecular flexibility index (Phi) is 4.36. The lowest BCUT2D eigenvalue weighted by atomic mass is 9.73. The minimum atomic E-state index is 0.120. The third kappa shape index (κ3) is 2.73. The molecular weight excluding hydrogens is 224 g/mol. The van der Waals surface area contributed by atoms with Crippen molar-refractivity contribution in [2.75, 3.05) is 14.2 Å². The van der Waals surface area contributed by atoms with Gasteiger partial charge in [-0.1, -0.05) is 6.92 Å². The van der Waals surface area contributed by atoms with E-state index in [0.29, 0.717) is 12.0 Å². The van der Waals surface area contributed by atoms with Gasteiger partial charge in [-0.15, -0.1) is 0 Å². The maximum atomic E-state index is 5.74. The first kappa shape index (κ1) is 13.5. The summed E-state index contributed by atoms with van der Waals surface area (Å²) in [4.78, 5) is 4.09. The summed E-state index contributed by atoms with van der Waals surface area (Å²) in [6, 6.07) is 4.66. The van der Waals surface area contributed by atoms with Crippen molar-refractivity contribution in [3.05, 3.63) is 30.1 Å². The molecule has 0 aromatic carbocycles. The van der Waals surface area contributed by atoms with Crippen molar-refractivity contribution in [3.8, 4) is 0 Å². The van der Waals surface area contributed by atoms with Crippen LogP contribution in [0.3, 0.4) is 0 Å². The van der Waals surface area contributed by atoms with Crippen LogP contribution in [0.1, 0.15) is 44.1 Å². The summed E-state index contributed by atoms with van der Waals surface area (Å²) in [7, 11) is 3.90. The Labute approximate surface area is 110 Å². The van der Waals surface area contributed by atoms with Gasteiger partial charge >= 0.3 is 0 Å². The fourth-order valence-corrected chi connectivity index (χ4v) is 2.89. The van der Waals surface area contributed by atoms with Gasteiger partial charge in [-0.05, 0) is 56.3 Å². The first-order valence-corrected chi connectivity index (χ1v) is 6.83. The van der Waals surface area contributed by atoms with Gasteiger partial charge in [0.1, 0.15) is 0 Å². The second kappa shape index (κ2) is 5.81. The molecule has 1 saturated carbocycles. The molecule has 1 fully saturated rings. The van der Waals surface area contributed by atoms with Crippen molar-refractivity contribution in [1.82, 2.24) is 10.3 Å². The summed E-state index contributed by atoms with van der Waals surface area (Å²) in [5, 5.41) is 3.46. The van der Waals surface area contributed by atoms with Crippen LogP contribution in [0, 0.1) is 0 Å². The monoisotopic (exact) mass is 248 g/mol. The highest BCUT2D eigenvalue weighted by Crippen LogP contribution is 2.40. The van der Waals surface area contributed by atoms with Gasteiger partial charge in [0.2, 0.25) is 0 Å². The molecular formula is C15H24N2O. The molecule has 0 radical (unpaired) electrons. The van der Waals surface area contributed by atoms with E-state index in [4.69, 9.17) is 4.74 Å². The van der Waals surface area contributed by atoms with Crippen LogP contribution in [0.15, 0.2) is 24.5 Å². The van der Waals surface area contributed by atoms with E-state index in [-0.39, 0.29) is 5.60 Å². The topological polar surface area (TPSA) is 34.1 Å². The van der Waals surface area contributed by atoms with Gasteiger partial charge in [0, 0.05) is 25.5 Å². The molecule has 2 rings (SSSR count). The number of ether oxygens (including phenoxy) is 1. The molecule has 1 aliphatic carbocycles. The van der Waals surface area contributed by atoms with E-state index in [2.05, 4.69) is 29.4 Å². The molecule has 1 N–H and O–H groups in total. The molecule has 3 nitrogen and oxygen atoms in total. The van der Waals surface area contributed by atoms with Crippen LogP contribution in [-0.2, 0) is 4.74 Å². The van der Waals surface area contributed by atoms with Crippen LogP contribution in [0.25, 0.3) is 0 Å². The van der Waals surface area contributed by atoms with Crippen LogP contribution in [0.4, 0.5) is 0 Å². The van der Waals surface area contributed by atoms with Crippen molar-refractivity contribution < 1.29 is 4.74 Å². The zero-order valence-corrected chi connectivity index (χ0v) is 11.6. The third-order valence-corrected chi connectivity index (χ3v) is 4.50. The SMILES string of the molecule is CNC(CC1(OC)CCC1)C(C)c1ccncc1. The molecule has 0 spiro atoms. The standard InChI is InChI=1S/C15H24N2O/c1-12(13-5-9-17-10-6-13)14(16-2)11-15(18-3)7-4-8-15/h5-6,9-10,12,14,16H,4,7-8,11H2,1-3H3. The molecule has 1 aliphatic rings. The normalized spacial score (nSPS) is 21.1. The fourth-order valence-electron chi connectivity index (χ4n) is 2.89. The minimum absolute atomic E-state index is 0.120. The number of pyridine rings is 1. The minimum Gasteiger partial charge on any atom is -0.378 e. The van der Waals surface area contributed by atoms with Gasteiger partial charge in [0.25, 0.3) is 0 Å². The third-order valence-electron chi connectivity index (χ3n) is 4.50. The average Bonchev–Trinajstić information content (AvgIpc) is 2.39. The summed E-state index contributed by atoms with van der Waals surface area (Å²) in [6.07, 6.45) is 8.52. The lowest BCUT2D eigenvalue weighted by molar-refractivity contribution is -0.0843. The van der Waals surface area contributed by atoms with Gasteiger partial charge in [-0.3, -0.25) is 4.98 Å². The second-order valence-corrected chi connectivity index (χ2v) is 5.41. The van der Waals surface area contributed by atoms with E-state index in [1.807, 2.05) is 26.6 Å². The Morgan fingerprint density at radius 1 is 1.39 bits per heavy atom. The predicted octanol–water partition coefficient (Wildman–Crippen LogP) is 2.73. The number of likely N-dealkylation sites (N-methyl/N-ethyl adjacent to an activating group) is 1. The first-order chi connectivity index (χ1) is 8.71. The predicted molar refractivity (Wildman–Crippen MR) is 73.7 cm³/mol. The van der Waals surface area contributed by atoms with E-state index >= 15 is 0 Å². The molecule has 0 amide bonds. The molecule has 2 unspecified atom stereocenters.